The summed E-state index contributed by atoms with van der Waals surface area (Å²) in [4.78, 5) is 38.1. The summed E-state index contributed by atoms with van der Waals surface area (Å²) >= 11 is 0. The molecule has 0 aromatic heterocycles. The molecule has 0 amide bonds. The minimum Gasteiger partial charge on any atom is -0.462 e. The second-order valence-electron chi connectivity index (χ2n) is 20.4. The molecule has 0 fully saturated rings. The number of esters is 3. The summed E-state index contributed by atoms with van der Waals surface area (Å²) in [6.45, 7) is 9.06. The van der Waals surface area contributed by atoms with E-state index in [4.69, 9.17) is 14.2 Å². The van der Waals surface area contributed by atoms with Crippen LogP contribution in [0.2, 0.25) is 0 Å². The van der Waals surface area contributed by atoms with Gasteiger partial charge < -0.3 is 14.2 Å². The van der Waals surface area contributed by atoms with Gasteiger partial charge in [-0.05, 0) is 25.2 Å². The van der Waals surface area contributed by atoms with Crippen molar-refractivity contribution >= 4 is 17.9 Å². The summed E-state index contributed by atoms with van der Waals surface area (Å²) in [5, 5.41) is 0. The van der Waals surface area contributed by atoms with Crippen molar-refractivity contribution in [3.8, 4) is 0 Å². The van der Waals surface area contributed by atoms with Crippen LogP contribution in [-0.4, -0.2) is 37.2 Å². The van der Waals surface area contributed by atoms with Gasteiger partial charge in [-0.25, -0.2) is 0 Å². The molecule has 64 heavy (non-hydrogen) atoms. The van der Waals surface area contributed by atoms with E-state index in [1.54, 1.807) is 0 Å². The Morgan fingerprint density at radius 1 is 0.297 bits per heavy atom. The van der Waals surface area contributed by atoms with Crippen LogP contribution >= 0.6 is 0 Å². The minimum absolute atomic E-state index is 0.0619. The van der Waals surface area contributed by atoms with Gasteiger partial charge >= 0.3 is 17.9 Å². The maximum absolute atomic E-state index is 12.8. The largest absolute Gasteiger partial charge is 0.462 e. The van der Waals surface area contributed by atoms with Gasteiger partial charge in [0, 0.05) is 19.3 Å². The fourth-order valence-electron chi connectivity index (χ4n) is 8.92. The molecule has 0 unspecified atom stereocenters. The molecule has 0 saturated heterocycles. The van der Waals surface area contributed by atoms with Crippen LogP contribution in [0.5, 0.6) is 0 Å². The zero-order valence-corrected chi connectivity index (χ0v) is 43.8. The van der Waals surface area contributed by atoms with E-state index >= 15 is 0 Å². The van der Waals surface area contributed by atoms with Crippen molar-refractivity contribution in [1.82, 2.24) is 0 Å². The van der Waals surface area contributed by atoms with Gasteiger partial charge in [-0.2, -0.15) is 0 Å². The molecular weight excluding hydrogens is 793 g/mol. The Morgan fingerprint density at radius 2 is 0.516 bits per heavy atom. The van der Waals surface area contributed by atoms with Crippen molar-refractivity contribution in [3.63, 3.8) is 0 Å². The van der Waals surface area contributed by atoms with E-state index in [0.717, 1.165) is 63.7 Å². The molecule has 0 heterocycles. The Kier molecular flexibility index (Phi) is 51.1. The molecule has 380 valence electrons. The quantitative estimate of drug-likeness (QED) is 0.0344. The van der Waals surface area contributed by atoms with Gasteiger partial charge in [0.2, 0.25) is 0 Å². The zero-order valence-electron chi connectivity index (χ0n) is 43.8. The normalized spacial score (nSPS) is 12.0. The summed E-state index contributed by atoms with van der Waals surface area (Å²) in [5.41, 5.74) is 0. The lowest BCUT2D eigenvalue weighted by molar-refractivity contribution is -0.167. The first kappa shape index (κ1) is 62.4. The first-order chi connectivity index (χ1) is 31.4. The molecule has 0 bridgehead atoms. The van der Waals surface area contributed by atoms with E-state index in [9.17, 15) is 14.4 Å². The number of hydrogen-bond acceptors (Lipinski definition) is 6. The van der Waals surface area contributed by atoms with Gasteiger partial charge in [0.05, 0.1) is 0 Å². The third-order valence-corrected chi connectivity index (χ3v) is 13.3. The minimum atomic E-state index is -0.762. The average molecular weight is 906 g/mol. The molecule has 0 N–H and O–H groups in total. The predicted octanol–water partition coefficient (Wildman–Crippen LogP) is 19.0. The number of ether oxygens (including phenoxy) is 3. The van der Waals surface area contributed by atoms with Crippen LogP contribution in [0.1, 0.15) is 329 Å². The third-order valence-electron chi connectivity index (χ3n) is 13.3. The first-order valence-electron chi connectivity index (χ1n) is 28.9. The Hall–Kier alpha value is -1.59. The fraction of sp³-hybridized carbons (Fsp3) is 0.948. The predicted molar refractivity (Wildman–Crippen MR) is 275 cm³/mol. The highest BCUT2D eigenvalue weighted by Gasteiger charge is 2.19. The summed E-state index contributed by atoms with van der Waals surface area (Å²) in [6, 6.07) is 0. The van der Waals surface area contributed by atoms with Crippen LogP contribution in [0.15, 0.2) is 0 Å². The number of unbranched alkanes of at least 4 members (excludes halogenated alkanes) is 40. The zero-order chi connectivity index (χ0) is 46.7. The summed E-state index contributed by atoms with van der Waals surface area (Å²) in [6.07, 6.45) is 56.6. The van der Waals surface area contributed by atoms with Crippen LogP contribution in [0.25, 0.3) is 0 Å². The van der Waals surface area contributed by atoms with E-state index < -0.39 is 6.10 Å². The molecule has 6 heteroatoms. The van der Waals surface area contributed by atoms with Crippen molar-refractivity contribution in [2.75, 3.05) is 13.2 Å². The van der Waals surface area contributed by atoms with Gasteiger partial charge in [-0.3, -0.25) is 14.4 Å². The van der Waals surface area contributed by atoms with E-state index in [1.807, 2.05) is 0 Å². The van der Waals surface area contributed by atoms with Gasteiger partial charge in [0.25, 0.3) is 0 Å². The Labute approximate surface area is 399 Å². The van der Waals surface area contributed by atoms with E-state index in [-0.39, 0.29) is 31.1 Å². The van der Waals surface area contributed by atoms with Crippen molar-refractivity contribution in [2.45, 2.75) is 336 Å². The lowest BCUT2D eigenvalue weighted by Gasteiger charge is -2.18. The third kappa shape index (κ3) is 51.4. The van der Waals surface area contributed by atoms with Crippen molar-refractivity contribution in [1.29, 1.82) is 0 Å². The van der Waals surface area contributed by atoms with Crippen LogP contribution in [0.4, 0.5) is 0 Å². The highest BCUT2D eigenvalue weighted by molar-refractivity contribution is 5.71. The van der Waals surface area contributed by atoms with E-state index in [1.165, 1.54) is 225 Å². The SMILES string of the molecule is CCCCCCCCCCCCCCCCCCCC(=O)OC[C@@H](COC(=O)CCCCCCCCCCCCCCCC)OC(=O)CCCCCCCCCCCCCCC(C)C. The highest BCUT2D eigenvalue weighted by Crippen LogP contribution is 2.18. The van der Waals surface area contributed by atoms with Gasteiger partial charge in [0.1, 0.15) is 13.2 Å². The lowest BCUT2D eigenvalue weighted by atomic mass is 10.0. The van der Waals surface area contributed by atoms with Crippen molar-refractivity contribution < 1.29 is 28.6 Å². The van der Waals surface area contributed by atoms with E-state index in [2.05, 4.69) is 27.7 Å². The van der Waals surface area contributed by atoms with E-state index in [0.29, 0.717) is 19.3 Å². The molecule has 0 radical (unpaired) electrons. The highest BCUT2D eigenvalue weighted by atomic mass is 16.6. The Morgan fingerprint density at radius 3 is 0.766 bits per heavy atom. The molecule has 0 saturated carbocycles. The molecule has 0 aliphatic rings. The van der Waals surface area contributed by atoms with Crippen molar-refractivity contribution in [2.24, 2.45) is 5.92 Å². The molecule has 1 atom stereocenters. The summed E-state index contributed by atoms with van der Waals surface area (Å²) < 4.78 is 16.9. The molecule has 0 aromatic carbocycles. The molecule has 0 aliphatic heterocycles. The number of carbonyl (C=O) groups is 3. The standard InChI is InChI=1S/C58H112O6/c1-5-7-9-11-13-15-17-19-21-22-23-25-30-34-38-42-46-50-57(60)63-53-55(52-62-56(59)49-45-41-37-33-29-24-20-18-16-14-12-10-8-6-2)64-58(61)51-47-43-39-35-31-27-26-28-32-36-40-44-48-54(3)4/h54-55H,5-53H2,1-4H3/t55-/m1/s1. The molecule has 0 rings (SSSR count). The number of hydrogen-bond donors (Lipinski definition) is 0. The molecule has 0 aliphatic carbocycles. The average Bonchev–Trinajstić information content (AvgIpc) is 3.28. The van der Waals surface area contributed by atoms with Crippen LogP contribution in [-0.2, 0) is 28.6 Å². The Bertz CT molecular complexity index is 964. The van der Waals surface area contributed by atoms with Crippen LogP contribution in [0.3, 0.4) is 0 Å². The summed E-state index contributed by atoms with van der Waals surface area (Å²) in [7, 11) is 0. The van der Waals surface area contributed by atoms with Crippen LogP contribution < -0.4 is 0 Å². The van der Waals surface area contributed by atoms with Gasteiger partial charge in [0.15, 0.2) is 6.10 Å². The number of carbonyl (C=O) groups excluding carboxylic acids is 3. The number of rotatable bonds is 53. The smallest absolute Gasteiger partial charge is 0.306 e. The lowest BCUT2D eigenvalue weighted by Crippen LogP contribution is -2.30. The molecule has 6 nitrogen and oxygen atoms in total. The molecule has 0 aromatic rings. The first-order valence-corrected chi connectivity index (χ1v) is 28.9. The Balaban J connectivity index is 4.29. The monoisotopic (exact) mass is 905 g/mol. The maximum Gasteiger partial charge on any atom is 0.306 e. The van der Waals surface area contributed by atoms with Crippen molar-refractivity contribution in [3.05, 3.63) is 0 Å². The van der Waals surface area contributed by atoms with Gasteiger partial charge in [-0.1, -0.05) is 291 Å². The van der Waals surface area contributed by atoms with Gasteiger partial charge in [-0.15, -0.1) is 0 Å². The molecule has 0 spiro atoms. The second kappa shape index (κ2) is 52.4. The second-order valence-corrected chi connectivity index (χ2v) is 20.4. The van der Waals surface area contributed by atoms with Crippen LogP contribution in [0, 0.1) is 5.92 Å². The molecular formula is C58H112O6. The topological polar surface area (TPSA) is 78.9 Å². The maximum atomic E-state index is 12.8. The fourth-order valence-corrected chi connectivity index (χ4v) is 8.92. The summed E-state index contributed by atoms with van der Waals surface area (Å²) in [5.74, 6) is -0.00328.